The Balaban J connectivity index is 1.81. The number of rotatable bonds is 11. The van der Waals surface area contributed by atoms with Gasteiger partial charge in [0.1, 0.15) is 29.3 Å². The van der Waals surface area contributed by atoms with E-state index < -0.39 is 40.6 Å². The van der Waals surface area contributed by atoms with Crippen LogP contribution in [0.15, 0.2) is 82.7 Å². The van der Waals surface area contributed by atoms with Crippen molar-refractivity contribution >= 4 is 56.9 Å². The largest absolute Gasteiger partial charge is 0.495 e. The summed E-state index contributed by atoms with van der Waals surface area (Å²) in [6, 6.07) is 18.4. The lowest BCUT2D eigenvalue weighted by atomic mass is 10.0. The number of amides is 2. The van der Waals surface area contributed by atoms with E-state index in [0.717, 1.165) is 4.90 Å². The highest BCUT2D eigenvalue weighted by atomic mass is 35.5. The number of hydrogen-bond acceptors (Lipinski definition) is 8. The molecule has 1 aliphatic rings. The van der Waals surface area contributed by atoms with E-state index in [1.165, 1.54) is 32.2 Å². The van der Waals surface area contributed by atoms with Gasteiger partial charge in [-0.05, 0) is 31.2 Å². The maximum absolute atomic E-state index is 14.0. The predicted molar refractivity (Wildman–Crippen MR) is 156 cm³/mol. The Hall–Kier alpha value is -4.39. The van der Waals surface area contributed by atoms with Crippen molar-refractivity contribution in [1.29, 1.82) is 0 Å². The lowest BCUT2D eigenvalue weighted by molar-refractivity contribution is -0.126. The van der Waals surface area contributed by atoms with E-state index in [4.69, 9.17) is 16.3 Å². The first-order valence-corrected chi connectivity index (χ1v) is 14.5. The van der Waals surface area contributed by atoms with Crippen LogP contribution >= 0.6 is 11.6 Å². The van der Waals surface area contributed by atoms with E-state index in [1.54, 1.807) is 54.6 Å². The van der Waals surface area contributed by atoms with Crippen LogP contribution < -0.4 is 19.7 Å². The molecule has 0 saturated heterocycles. The number of anilines is 1. The highest BCUT2D eigenvalue weighted by Gasteiger charge is 2.36. The van der Waals surface area contributed by atoms with Crippen LogP contribution in [0.5, 0.6) is 5.75 Å². The van der Waals surface area contributed by atoms with Crippen LogP contribution in [0.25, 0.3) is 0 Å². The van der Waals surface area contributed by atoms with Crippen LogP contribution in [0.4, 0.5) is 5.69 Å². The van der Waals surface area contributed by atoms with Crippen molar-refractivity contribution in [3.8, 4) is 5.75 Å². The van der Waals surface area contributed by atoms with Crippen molar-refractivity contribution in [2.45, 2.75) is 30.4 Å². The summed E-state index contributed by atoms with van der Waals surface area (Å²) in [5.74, 6) is -1.92. The second kappa shape index (κ2) is 13.1. The topological polar surface area (TPSA) is 151 Å². The Morgan fingerprint density at radius 3 is 2.45 bits per heavy atom. The number of sulfonamides is 1. The van der Waals surface area contributed by atoms with Gasteiger partial charge >= 0.3 is 0 Å². The SMILES string of the molecule is COc1ccc(Cl)cc1S(=O)(=O)NC1N=C(c2ccccc2)c2ccccc2N(CC(=O)N[C@H](C=O)CC(C)=O)C1=O. The molecule has 0 aliphatic carbocycles. The number of fused-ring (bicyclic) bond motifs is 1. The minimum absolute atomic E-state index is 0.00914. The van der Waals surface area contributed by atoms with E-state index in [-0.39, 0.29) is 33.6 Å². The number of halogens is 1. The number of nitrogens with one attached hydrogen (secondary N) is 2. The van der Waals surface area contributed by atoms with Crippen LogP contribution in [0, 0.1) is 0 Å². The lowest BCUT2D eigenvalue weighted by Crippen LogP contribution is -2.51. The third-order valence-electron chi connectivity index (χ3n) is 6.26. The minimum atomic E-state index is -4.45. The summed E-state index contributed by atoms with van der Waals surface area (Å²) < 4.78 is 34.7. The van der Waals surface area contributed by atoms with Crippen molar-refractivity contribution in [3.63, 3.8) is 0 Å². The molecule has 0 aromatic heterocycles. The molecule has 2 atom stereocenters. The molecule has 3 aromatic rings. The van der Waals surface area contributed by atoms with Crippen LogP contribution in [0.1, 0.15) is 24.5 Å². The Kier molecular flexibility index (Phi) is 9.51. The summed E-state index contributed by atoms with van der Waals surface area (Å²) in [6.07, 6.45) is -1.50. The monoisotopic (exact) mass is 610 g/mol. The second-order valence-electron chi connectivity index (χ2n) is 9.32. The zero-order valence-electron chi connectivity index (χ0n) is 22.6. The number of carbonyl (C=O) groups is 4. The second-order valence-corrected chi connectivity index (χ2v) is 11.4. The number of ether oxygens (including phenoxy) is 1. The molecule has 1 unspecified atom stereocenters. The van der Waals surface area contributed by atoms with Gasteiger partial charge in [0.25, 0.3) is 5.91 Å². The number of para-hydroxylation sites is 1. The molecule has 4 rings (SSSR count). The standard InChI is InChI=1S/C29H27ClN4O7S/c1-18(36)14-21(17-35)31-26(37)16-34-23-11-7-6-10-22(23)27(19-8-4-3-5-9-19)32-28(29(34)38)33-42(39,40)25-15-20(30)12-13-24(25)41-2/h3-13,15,17,21,28,33H,14,16H2,1-2H3,(H,31,37)/t21-,28?/m0/s1. The minimum Gasteiger partial charge on any atom is -0.495 e. The third-order valence-corrected chi connectivity index (χ3v) is 7.92. The molecule has 0 spiro atoms. The molecule has 3 aromatic carbocycles. The molecule has 2 N–H and O–H groups in total. The Morgan fingerprint density at radius 1 is 1.10 bits per heavy atom. The van der Waals surface area contributed by atoms with E-state index in [0.29, 0.717) is 23.1 Å². The van der Waals surface area contributed by atoms with Gasteiger partial charge in [0, 0.05) is 22.6 Å². The summed E-state index contributed by atoms with van der Waals surface area (Å²) in [6.45, 7) is 0.694. The number of aldehydes is 1. The van der Waals surface area contributed by atoms with Gasteiger partial charge in [-0.25, -0.2) is 8.42 Å². The number of benzodiazepines with no additional fused rings is 1. The first-order valence-electron chi connectivity index (χ1n) is 12.7. The first kappa shape index (κ1) is 30.6. The molecule has 0 saturated carbocycles. The number of methoxy groups -OCH3 is 1. The zero-order chi connectivity index (χ0) is 30.4. The number of hydrogen-bond donors (Lipinski definition) is 2. The van der Waals surface area contributed by atoms with Crippen molar-refractivity contribution in [2.75, 3.05) is 18.6 Å². The fraction of sp³-hybridized carbons (Fsp3) is 0.207. The maximum atomic E-state index is 14.0. The number of benzene rings is 3. The smallest absolute Gasteiger partial charge is 0.268 e. The van der Waals surface area contributed by atoms with Crippen LogP contribution in [0.3, 0.4) is 0 Å². The molecule has 1 aliphatic heterocycles. The van der Waals surface area contributed by atoms with Gasteiger partial charge in [-0.2, -0.15) is 4.72 Å². The predicted octanol–water partition coefficient (Wildman–Crippen LogP) is 2.50. The quantitative estimate of drug-likeness (QED) is 0.317. The number of aliphatic imine (C=N–C) groups is 1. The van der Waals surface area contributed by atoms with Gasteiger partial charge in [-0.3, -0.25) is 24.3 Å². The maximum Gasteiger partial charge on any atom is 0.268 e. The van der Waals surface area contributed by atoms with Gasteiger partial charge in [0.15, 0.2) is 6.17 Å². The Bertz CT molecular complexity index is 1660. The summed E-state index contributed by atoms with van der Waals surface area (Å²) in [4.78, 5) is 55.3. The summed E-state index contributed by atoms with van der Waals surface area (Å²) >= 11 is 6.07. The highest BCUT2D eigenvalue weighted by molar-refractivity contribution is 7.89. The van der Waals surface area contributed by atoms with Crippen molar-refractivity contribution in [3.05, 3.63) is 88.9 Å². The van der Waals surface area contributed by atoms with Crippen LogP contribution in [0.2, 0.25) is 5.02 Å². The highest BCUT2D eigenvalue weighted by Crippen LogP contribution is 2.30. The molecule has 218 valence electrons. The van der Waals surface area contributed by atoms with Crippen molar-refractivity contribution < 1.29 is 32.3 Å². The van der Waals surface area contributed by atoms with E-state index in [9.17, 15) is 27.6 Å². The normalized spacial score (nSPS) is 15.6. The first-order chi connectivity index (χ1) is 20.0. The van der Waals surface area contributed by atoms with E-state index in [1.807, 2.05) is 0 Å². The van der Waals surface area contributed by atoms with Gasteiger partial charge in [-0.1, -0.05) is 60.1 Å². The van der Waals surface area contributed by atoms with Gasteiger partial charge < -0.3 is 14.8 Å². The summed E-state index contributed by atoms with van der Waals surface area (Å²) in [5, 5.41) is 2.56. The lowest BCUT2D eigenvalue weighted by Gasteiger charge is -2.25. The van der Waals surface area contributed by atoms with Crippen LogP contribution in [-0.2, 0) is 29.2 Å². The molecular weight excluding hydrogens is 584 g/mol. The molecule has 13 heteroatoms. The zero-order valence-corrected chi connectivity index (χ0v) is 24.2. The van der Waals surface area contributed by atoms with Gasteiger partial charge in [-0.15, -0.1) is 0 Å². The fourth-order valence-corrected chi connectivity index (χ4v) is 5.91. The molecular formula is C29H27ClN4O7S. The van der Waals surface area contributed by atoms with E-state index in [2.05, 4.69) is 15.0 Å². The Labute approximate surface area is 247 Å². The molecule has 11 nitrogen and oxygen atoms in total. The van der Waals surface area contributed by atoms with Crippen molar-refractivity contribution in [2.24, 2.45) is 4.99 Å². The molecule has 42 heavy (non-hydrogen) atoms. The average Bonchev–Trinajstić information content (AvgIpc) is 3.07. The molecule has 1 heterocycles. The van der Waals surface area contributed by atoms with Gasteiger partial charge in [0.05, 0.1) is 24.6 Å². The number of nitrogens with zero attached hydrogens (tertiary/aromatic N) is 2. The summed E-state index contributed by atoms with van der Waals surface area (Å²) in [7, 11) is -3.16. The molecule has 0 radical (unpaired) electrons. The number of ketones is 1. The third kappa shape index (κ3) is 6.90. The average molecular weight is 611 g/mol. The molecule has 0 fully saturated rings. The van der Waals surface area contributed by atoms with Crippen LogP contribution in [-0.4, -0.2) is 63.9 Å². The molecule has 0 bridgehead atoms. The number of Topliss-reactive ketones (excluding diaryl/α,β-unsaturated/α-hetero) is 1. The summed E-state index contributed by atoms with van der Waals surface area (Å²) in [5.41, 5.74) is 1.64. The molecule has 2 amide bonds. The Morgan fingerprint density at radius 2 is 1.79 bits per heavy atom. The number of carbonyl (C=O) groups excluding carboxylic acids is 4. The fourth-order valence-electron chi connectivity index (χ4n) is 4.41. The van der Waals surface area contributed by atoms with E-state index >= 15 is 0 Å². The van der Waals surface area contributed by atoms with Gasteiger partial charge in [0.2, 0.25) is 15.9 Å². The van der Waals surface area contributed by atoms with Crippen molar-refractivity contribution in [1.82, 2.24) is 10.0 Å².